The topological polar surface area (TPSA) is 59.9 Å². The van der Waals surface area contributed by atoms with E-state index in [4.69, 9.17) is 17.0 Å². The molecule has 0 saturated heterocycles. The molecule has 23 heavy (non-hydrogen) atoms. The number of nitrogens with zero attached hydrogens (tertiary/aromatic N) is 2. The van der Waals surface area contributed by atoms with Gasteiger partial charge in [-0.3, -0.25) is 14.5 Å². The van der Waals surface area contributed by atoms with Gasteiger partial charge in [-0.15, -0.1) is 0 Å². The molecule has 0 aliphatic rings. The van der Waals surface area contributed by atoms with E-state index in [9.17, 15) is 4.79 Å². The second-order valence-electron chi connectivity index (χ2n) is 5.02. The number of Topliss-reactive ketones (excluding diaryl/α,β-unsaturated/α-hetero) is 1. The summed E-state index contributed by atoms with van der Waals surface area (Å²) < 4.78 is 7.50. The van der Waals surface area contributed by atoms with Crippen molar-refractivity contribution in [3.05, 3.63) is 58.9 Å². The van der Waals surface area contributed by atoms with E-state index in [2.05, 4.69) is 10.2 Å². The first-order valence-corrected chi connectivity index (χ1v) is 7.44. The van der Waals surface area contributed by atoms with Crippen molar-refractivity contribution in [1.82, 2.24) is 14.8 Å². The van der Waals surface area contributed by atoms with Crippen LogP contribution in [0.5, 0.6) is 5.75 Å². The Kier molecular flexibility index (Phi) is 4.08. The minimum absolute atomic E-state index is 0.0303. The highest BCUT2D eigenvalue weighted by atomic mass is 32.1. The van der Waals surface area contributed by atoms with Crippen molar-refractivity contribution in [2.75, 3.05) is 7.11 Å². The molecule has 1 heterocycles. The predicted octanol–water partition coefficient (Wildman–Crippen LogP) is 3.81. The number of ether oxygens (including phenoxy) is 1. The number of ketones is 1. The summed E-state index contributed by atoms with van der Waals surface area (Å²) in [6.45, 7) is 1.54. The second-order valence-corrected chi connectivity index (χ2v) is 5.41. The summed E-state index contributed by atoms with van der Waals surface area (Å²) in [7, 11) is 1.63. The van der Waals surface area contributed by atoms with Gasteiger partial charge in [-0.05, 0) is 67.7 Å². The summed E-state index contributed by atoms with van der Waals surface area (Å²) in [4.78, 5) is 11.4. The third kappa shape index (κ3) is 2.93. The van der Waals surface area contributed by atoms with Crippen LogP contribution in [0.3, 0.4) is 0 Å². The lowest BCUT2D eigenvalue weighted by Gasteiger charge is -2.08. The molecule has 0 unspecified atom stereocenters. The molecule has 2 aromatic carbocycles. The molecule has 5 nitrogen and oxygen atoms in total. The predicted molar refractivity (Wildman–Crippen MR) is 90.7 cm³/mol. The standard InChI is InChI=1S/C17H15N3O2S/c1-11(21)12-3-7-14(8-4-12)20-16(18-19-17(20)23)13-5-9-15(22-2)10-6-13/h3-10H,1-2H3,(H,19,23). The zero-order chi connectivity index (χ0) is 16.4. The van der Waals surface area contributed by atoms with Crippen molar-refractivity contribution in [1.29, 1.82) is 0 Å². The van der Waals surface area contributed by atoms with Gasteiger partial charge in [0.05, 0.1) is 12.8 Å². The number of aromatic amines is 1. The minimum atomic E-state index is 0.0303. The van der Waals surface area contributed by atoms with Crippen LogP contribution in [0.4, 0.5) is 0 Å². The first-order valence-electron chi connectivity index (χ1n) is 7.03. The summed E-state index contributed by atoms with van der Waals surface area (Å²) in [5.74, 6) is 1.51. The van der Waals surface area contributed by atoms with Gasteiger partial charge in [0.2, 0.25) is 0 Å². The maximum Gasteiger partial charge on any atom is 0.200 e. The van der Waals surface area contributed by atoms with Gasteiger partial charge in [0.15, 0.2) is 16.4 Å². The molecule has 0 spiro atoms. The molecule has 1 aromatic heterocycles. The van der Waals surface area contributed by atoms with Crippen molar-refractivity contribution < 1.29 is 9.53 Å². The van der Waals surface area contributed by atoms with Gasteiger partial charge >= 0.3 is 0 Å². The number of nitrogens with one attached hydrogen (secondary N) is 1. The van der Waals surface area contributed by atoms with Crippen LogP contribution in [-0.4, -0.2) is 27.7 Å². The number of H-pyrrole nitrogens is 1. The normalized spacial score (nSPS) is 10.5. The maximum absolute atomic E-state index is 11.4. The van der Waals surface area contributed by atoms with Gasteiger partial charge in [0, 0.05) is 11.1 Å². The molecular formula is C17H15N3O2S. The highest BCUT2D eigenvalue weighted by Gasteiger charge is 2.11. The van der Waals surface area contributed by atoms with Crippen LogP contribution >= 0.6 is 12.2 Å². The summed E-state index contributed by atoms with van der Waals surface area (Å²) in [5, 5.41) is 7.13. The smallest absolute Gasteiger partial charge is 0.200 e. The van der Waals surface area contributed by atoms with Crippen LogP contribution < -0.4 is 4.74 Å². The average Bonchev–Trinajstić information content (AvgIpc) is 2.96. The molecular weight excluding hydrogens is 310 g/mol. The third-order valence-corrected chi connectivity index (χ3v) is 3.83. The fraction of sp³-hybridized carbons (Fsp3) is 0.118. The number of benzene rings is 2. The number of rotatable bonds is 4. The minimum Gasteiger partial charge on any atom is -0.497 e. The largest absolute Gasteiger partial charge is 0.497 e. The van der Waals surface area contributed by atoms with Gasteiger partial charge in [-0.25, -0.2) is 0 Å². The van der Waals surface area contributed by atoms with E-state index >= 15 is 0 Å². The molecule has 6 heteroatoms. The van der Waals surface area contributed by atoms with Gasteiger partial charge in [0.1, 0.15) is 5.75 Å². The Labute approximate surface area is 138 Å². The monoisotopic (exact) mass is 325 g/mol. The Morgan fingerprint density at radius 2 is 1.78 bits per heavy atom. The van der Waals surface area contributed by atoms with Crippen LogP contribution in [0.2, 0.25) is 0 Å². The van der Waals surface area contributed by atoms with E-state index in [0.717, 1.165) is 17.0 Å². The number of hydrogen-bond acceptors (Lipinski definition) is 4. The van der Waals surface area contributed by atoms with E-state index in [1.165, 1.54) is 0 Å². The summed E-state index contributed by atoms with van der Waals surface area (Å²) >= 11 is 5.34. The second kappa shape index (κ2) is 6.18. The first kappa shape index (κ1) is 15.2. The van der Waals surface area contributed by atoms with Crippen molar-refractivity contribution >= 4 is 18.0 Å². The number of carbonyl (C=O) groups is 1. The van der Waals surface area contributed by atoms with Crippen LogP contribution in [0.15, 0.2) is 48.5 Å². The number of aromatic nitrogens is 3. The first-order chi connectivity index (χ1) is 11.1. The molecule has 0 radical (unpaired) electrons. The lowest BCUT2D eigenvalue weighted by molar-refractivity contribution is 0.101. The highest BCUT2D eigenvalue weighted by Crippen LogP contribution is 2.24. The quantitative estimate of drug-likeness (QED) is 0.585. The van der Waals surface area contributed by atoms with Crippen molar-refractivity contribution in [3.8, 4) is 22.8 Å². The van der Waals surface area contributed by atoms with E-state index in [1.54, 1.807) is 26.2 Å². The van der Waals surface area contributed by atoms with Gasteiger partial charge in [0.25, 0.3) is 0 Å². The van der Waals surface area contributed by atoms with Gasteiger partial charge < -0.3 is 4.74 Å². The Morgan fingerprint density at radius 3 is 2.35 bits per heavy atom. The van der Waals surface area contributed by atoms with Crippen molar-refractivity contribution in [2.24, 2.45) is 0 Å². The van der Waals surface area contributed by atoms with E-state index in [1.807, 2.05) is 41.0 Å². The average molecular weight is 325 g/mol. The SMILES string of the molecule is COc1ccc(-c2n[nH]c(=S)n2-c2ccc(C(C)=O)cc2)cc1. The lowest BCUT2D eigenvalue weighted by atomic mass is 10.1. The van der Waals surface area contributed by atoms with Crippen molar-refractivity contribution in [3.63, 3.8) is 0 Å². The Balaban J connectivity index is 2.07. The molecule has 0 fully saturated rings. The molecule has 0 saturated carbocycles. The fourth-order valence-electron chi connectivity index (χ4n) is 2.32. The zero-order valence-corrected chi connectivity index (χ0v) is 13.6. The van der Waals surface area contributed by atoms with Crippen LogP contribution in [-0.2, 0) is 0 Å². The molecule has 0 bridgehead atoms. The number of hydrogen-bond donors (Lipinski definition) is 1. The van der Waals surface area contributed by atoms with Gasteiger partial charge in [-0.2, -0.15) is 5.10 Å². The van der Waals surface area contributed by atoms with Crippen LogP contribution in [0, 0.1) is 4.77 Å². The van der Waals surface area contributed by atoms with Crippen molar-refractivity contribution in [2.45, 2.75) is 6.92 Å². The zero-order valence-electron chi connectivity index (χ0n) is 12.7. The van der Waals surface area contributed by atoms with Crippen LogP contribution in [0.1, 0.15) is 17.3 Å². The summed E-state index contributed by atoms with van der Waals surface area (Å²) in [5.41, 5.74) is 2.42. The maximum atomic E-state index is 11.4. The van der Waals surface area contributed by atoms with E-state index in [-0.39, 0.29) is 5.78 Å². The number of methoxy groups -OCH3 is 1. The molecule has 116 valence electrons. The Hall–Kier alpha value is -2.73. The van der Waals surface area contributed by atoms with Crippen LogP contribution in [0.25, 0.3) is 17.1 Å². The molecule has 0 aliphatic carbocycles. The third-order valence-electron chi connectivity index (χ3n) is 3.55. The number of carbonyl (C=O) groups excluding carboxylic acids is 1. The lowest BCUT2D eigenvalue weighted by Crippen LogP contribution is -1.99. The summed E-state index contributed by atoms with van der Waals surface area (Å²) in [6.07, 6.45) is 0. The molecule has 0 aliphatic heterocycles. The molecule has 0 amide bonds. The molecule has 1 N–H and O–H groups in total. The molecule has 0 atom stereocenters. The molecule has 3 rings (SSSR count). The fourth-order valence-corrected chi connectivity index (χ4v) is 2.55. The summed E-state index contributed by atoms with van der Waals surface area (Å²) in [6, 6.07) is 14.9. The van der Waals surface area contributed by atoms with Gasteiger partial charge in [-0.1, -0.05) is 0 Å². The Morgan fingerprint density at radius 1 is 1.13 bits per heavy atom. The molecule has 3 aromatic rings. The highest BCUT2D eigenvalue weighted by molar-refractivity contribution is 7.71. The Bertz CT molecular complexity index is 893. The van der Waals surface area contributed by atoms with E-state index < -0.39 is 0 Å². The van der Waals surface area contributed by atoms with E-state index in [0.29, 0.717) is 16.2 Å².